The fourth-order valence-corrected chi connectivity index (χ4v) is 3.83. The summed E-state index contributed by atoms with van der Waals surface area (Å²) < 4.78 is 5.44. The van der Waals surface area contributed by atoms with E-state index in [-0.39, 0.29) is 12.2 Å². The smallest absolute Gasteiger partial charge is 0.336 e. The molecule has 1 saturated heterocycles. The molecule has 24 heavy (non-hydrogen) atoms. The maximum atomic E-state index is 12.0. The third-order valence-electron chi connectivity index (χ3n) is 5.09. The van der Waals surface area contributed by atoms with Gasteiger partial charge in [0.15, 0.2) is 0 Å². The van der Waals surface area contributed by atoms with E-state index in [1.807, 2.05) is 6.07 Å². The van der Waals surface area contributed by atoms with Crippen molar-refractivity contribution in [3.63, 3.8) is 0 Å². The van der Waals surface area contributed by atoms with E-state index >= 15 is 0 Å². The average Bonchev–Trinajstić information content (AvgIpc) is 2.54. The van der Waals surface area contributed by atoms with Crippen LogP contribution in [-0.4, -0.2) is 29.7 Å². The number of likely N-dealkylation sites (tertiary alicyclic amines) is 1. The first-order valence-electron chi connectivity index (χ1n) is 8.88. The highest BCUT2D eigenvalue weighted by atomic mass is 16.4. The molecule has 0 spiro atoms. The number of aryl methyl sites for hydroxylation is 1. The molecule has 1 aliphatic heterocycles. The van der Waals surface area contributed by atoms with Gasteiger partial charge in [0.05, 0.1) is 0 Å². The van der Waals surface area contributed by atoms with Crippen molar-refractivity contribution in [2.45, 2.75) is 46.1 Å². The fourth-order valence-electron chi connectivity index (χ4n) is 3.83. The summed E-state index contributed by atoms with van der Waals surface area (Å²) >= 11 is 0. The van der Waals surface area contributed by atoms with Crippen molar-refractivity contribution < 1.29 is 9.52 Å². The summed E-state index contributed by atoms with van der Waals surface area (Å²) in [5, 5.41) is 10.5. The first-order valence-corrected chi connectivity index (χ1v) is 8.88. The summed E-state index contributed by atoms with van der Waals surface area (Å²) in [6.45, 7) is 9.32. The lowest BCUT2D eigenvalue weighted by Gasteiger charge is -2.32. The number of rotatable bonds is 4. The van der Waals surface area contributed by atoms with Crippen molar-refractivity contribution in [2.75, 3.05) is 19.7 Å². The Hall–Kier alpha value is -1.65. The third kappa shape index (κ3) is 3.55. The molecule has 1 aromatic carbocycles. The van der Waals surface area contributed by atoms with Gasteiger partial charge in [-0.3, -0.25) is 4.90 Å². The van der Waals surface area contributed by atoms with Gasteiger partial charge >= 0.3 is 5.63 Å². The minimum Gasteiger partial charge on any atom is -0.423 e. The largest absolute Gasteiger partial charge is 0.423 e. The Labute approximate surface area is 143 Å². The Morgan fingerprint density at radius 1 is 1.33 bits per heavy atom. The van der Waals surface area contributed by atoms with Crippen LogP contribution in [0.25, 0.3) is 11.0 Å². The minimum absolute atomic E-state index is 0.241. The Balaban J connectivity index is 2.00. The first kappa shape index (κ1) is 17.2. The second-order valence-corrected chi connectivity index (χ2v) is 7.38. The highest BCUT2D eigenvalue weighted by molar-refractivity contribution is 5.82. The number of fused-ring (bicyclic) bond motifs is 1. The molecule has 0 aliphatic carbocycles. The molecule has 1 aliphatic rings. The molecular weight excluding hydrogens is 302 g/mol. The van der Waals surface area contributed by atoms with Crippen molar-refractivity contribution in [3.8, 4) is 0 Å². The van der Waals surface area contributed by atoms with Gasteiger partial charge in [-0.15, -0.1) is 0 Å². The van der Waals surface area contributed by atoms with E-state index in [0.29, 0.717) is 17.4 Å². The van der Waals surface area contributed by atoms with Gasteiger partial charge in [0, 0.05) is 31.1 Å². The average molecular weight is 329 g/mol. The predicted octanol–water partition coefficient (Wildman–Crippen LogP) is 3.43. The molecule has 0 radical (unpaired) electrons. The molecule has 0 unspecified atom stereocenters. The zero-order chi connectivity index (χ0) is 17.3. The van der Waals surface area contributed by atoms with Gasteiger partial charge in [0.2, 0.25) is 0 Å². The number of aliphatic hydroxyl groups is 1. The number of hydrogen-bond donors (Lipinski definition) is 1. The Bertz CT molecular complexity index is 778. The molecule has 130 valence electrons. The van der Waals surface area contributed by atoms with Gasteiger partial charge in [-0.25, -0.2) is 4.79 Å². The van der Waals surface area contributed by atoms with Crippen LogP contribution in [-0.2, 0) is 6.54 Å². The molecule has 2 aromatic rings. The van der Waals surface area contributed by atoms with Crippen LogP contribution in [0.4, 0.5) is 0 Å². The molecule has 0 amide bonds. The molecule has 2 heterocycles. The van der Waals surface area contributed by atoms with Crippen molar-refractivity contribution in [2.24, 2.45) is 5.92 Å². The van der Waals surface area contributed by atoms with E-state index in [4.69, 9.17) is 4.42 Å². The Morgan fingerprint density at radius 2 is 2.12 bits per heavy atom. The molecule has 1 atom stereocenters. The van der Waals surface area contributed by atoms with Crippen molar-refractivity contribution in [3.05, 3.63) is 45.3 Å². The van der Waals surface area contributed by atoms with Crippen LogP contribution < -0.4 is 5.63 Å². The lowest BCUT2D eigenvalue weighted by atomic mass is 9.94. The SMILES string of the molecule is Cc1cc2oc(=O)cc(CN3CCC[C@H](CO)C3)c2cc1C(C)C. The summed E-state index contributed by atoms with van der Waals surface area (Å²) in [5.41, 5.74) is 3.88. The molecule has 1 fully saturated rings. The van der Waals surface area contributed by atoms with E-state index in [2.05, 4.69) is 31.7 Å². The molecule has 0 bridgehead atoms. The molecule has 1 aromatic heterocycles. The van der Waals surface area contributed by atoms with Gasteiger partial charge < -0.3 is 9.52 Å². The van der Waals surface area contributed by atoms with Crippen molar-refractivity contribution >= 4 is 11.0 Å². The maximum Gasteiger partial charge on any atom is 0.336 e. The topological polar surface area (TPSA) is 53.7 Å². The molecule has 0 saturated carbocycles. The lowest BCUT2D eigenvalue weighted by molar-refractivity contribution is 0.116. The number of aliphatic hydroxyl groups excluding tert-OH is 1. The zero-order valence-corrected chi connectivity index (χ0v) is 14.8. The second kappa shape index (κ2) is 7.08. The molecule has 4 nitrogen and oxygen atoms in total. The fraction of sp³-hybridized carbons (Fsp3) is 0.550. The van der Waals surface area contributed by atoms with Gasteiger partial charge in [0.25, 0.3) is 0 Å². The Kier molecular flexibility index (Phi) is 5.07. The monoisotopic (exact) mass is 329 g/mol. The Morgan fingerprint density at radius 3 is 2.83 bits per heavy atom. The number of benzene rings is 1. The quantitative estimate of drug-likeness (QED) is 0.873. The minimum atomic E-state index is -0.287. The van der Waals surface area contributed by atoms with Crippen LogP contribution in [0.15, 0.2) is 27.4 Å². The highest BCUT2D eigenvalue weighted by Gasteiger charge is 2.20. The van der Waals surface area contributed by atoms with Crippen LogP contribution in [0.5, 0.6) is 0 Å². The van der Waals surface area contributed by atoms with Crippen LogP contribution >= 0.6 is 0 Å². The molecular formula is C20H27NO3. The molecule has 4 heteroatoms. The van der Waals surface area contributed by atoms with E-state index < -0.39 is 0 Å². The third-order valence-corrected chi connectivity index (χ3v) is 5.09. The standard InChI is InChI=1S/C20H27NO3/c1-13(2)17-9-18-16(8-20(23)24-19(18)7-14(17)3)11-21-6-4-5-15(10-21)12-22/h7-9,13,15,22H,4-6,10-12H2,1-3H3/t15-/m0/s1. The summed E-state index contributed by atoms with van der Waals surface area (Å²) in [4.78, 5) is 14.3. The van der Waals surface area contributed by atoms with E-state index in [9.17, 15) is 9.90 Å². The van der Waals surface area contributed by atoms with Crippen LogP contribution in [0.1, 0.15) is 49.3 Å². The first-order chi connectivity index (χ1) is 11.5. The van der Waals surface area contributed by atoms with Crippen molar-refractivity contribution in [1.29, 1.82) is 0 Å². The summed E-state index contributed by atoms with van der Waals surface area (Å²) in [5.74, 6) is 0.779. The van der Waals surface area contributed by atoms with E-state index in [0.717, 1.165) is 49.0 Å². The van der Waals surface area contributed by atoms with Gasteiger partial charge in [0.1, 0.15) is 5.58 Å². The normalized spacial score (nSPS) is 19.3. The predicted molar refractivity (Wildman–Crippen MR) is 96.4 cm³/mol. The van der Waals surface area contributed by atoms with Crippen LogP contribution in [0.3, 0.4) is 0 Å². The summed E-state index contributed by atoms with van der Waals surface area (Å²) in [7, 11) is 0. The van der Waals surface area contributed by atoms with Crippen molar-refractivity contribution in [1.82, 2.24) is 4.90 Å². The van der Waals surface area contributed by atoms with Gasteiger partial charge in [-0.2, -0.15) is 0 Å². The molecule has 1 N–H and O–H groups in total. The number of piperidine rings is 1. The summed E-state index contributed by atoms with van der Waals surface area (Å²) in [6, 6.07) is 5.80. The summed E-state index contributed by atoms with van der Waals surface area (Å²) in [6.07, 6.45) is 2.18. The van der Waals surface area contributed by atoms with Gasteiger partial charge in [-0.05, 0) is 67.0 Å². The lowest BCUT2D eigenvalue weighted by Crippen LogP contribution is -2.36. The zero-order valence-electron chi connectivity index (χ0n) is 14.8. The molecule has 3 rings (SSSR count). The number of hydrogen-bond acceptors (Lipinski definition) is 4. The van der Waals surface area contributed by atoms with E-state index in [1.54, 1.807) is 6.07 Å². The maximum absolute atomic E-state index is 12.0. The second-order valence-electron chi connectivity index (χ2n) is 7.38. The highest BCUT2D eigenvalue weighted by Crippen LogP contribution is 2.28. The number of nitrogens with zero attached hydrogens (tertiary/aromatic N) is 1. The van der Waals surface area contributed by atoms with Gasteiger partial charge in [-0.1, -0.05) is 13.8 Å². The van der Waals surface area contributed by atoms with Crippen LogP contribution in [0.2, 0.25) is 0 Å². The van der Waals surface area contributed by atoms with E-state index in [1.165, 1.54) is 5.56 Å². The van der Waals surface area contributed by atoms with Crippen LogP contribution in [0, 0.1) is 12.8 Å².